The highest BCUT2D eigenvalue weighted by atomic mass is 32.1. The summed E-state index contributed by atoms with van der Waals surface area (Å²) in [6, 6.07) is 57.4. The lowest BCUT2D eigenvalue weighted by atomic mass is 9.36. The van der Waals surface area contributed by atoms with Gasteiger partial charge in [-0.1, -0.05) is 116 Å². The van der Waals surface area contributed by atoms with E-state index in [0.717, 1.165) is 0 Å². The van der Waals surface area contributed by atoms with Crippen LogP contribution in [0, 0.1) is 0 Å². The van der Waals surface area contributed by atoms with Crippen molar-refractivity contribution < 1.29 is 0 Å². The molecule has 3 aliphatic rings. The lowest BCUT2D eigenvalue weighted by Gasteiger charge is -2.48. The molecule has 244 valence electrons. The summed E-state index contributed by atoms with van der Waals surface area (Å²) in [4.78, 5) is 5.23. The third kappa shape index (κ3) is 3.74. The van der Waals surface area contributed by atoms with Crippen molar-refractivity contribution in [2.24, 2.45) is 0 Å². The molecular weight excluding hydrogens is 684 g/mol. The number of hydrogen-bond acceptors (Lipinski definition) is 4. The van der Waals surface area contributed by atoms with Gasteiger partial charge < -0.3 is 9.80 Å². The Balaban J connectivity index is 1.23. The Morgan fingerprint density at radius 2 is 1.15 bits per heavy atom. The van der Waals surface area contributed by atoms with Crippen molar-refractivity contribution in [2.75, 3.05) is 9.80 Å². The highest BCUT2D eigenvalue weighted by Crippen LogP contribution is 2.50. The molecule has 2 nitrogen and oxygen atoms in total. The molecule has 0 radical (unpaired) electrons. The Bertz CT molecular complexity index is 2980. The lowest BCUT2D eigenvalue weighted by Crippen LogP contribution is -2.67. The zero-order valence-electron chi connectivity index (χ0n) is 28.7. The minimum Gasteiger partial charge on any atom is -0.312 e. The second kappa shape index (κ2) is 10.4. The van der Waals surface area contributed by atoms with Crippen molar-refractivity contribution in [3.63, 3.8) is 0 Å². The van der Waals surface area contributed by atoms with Gasteiger partial charge in [0.1, 0.15) is 8.07 Å². The van der Waals surface area contributed by atoms with E-state index in [1.165, 1.54) is 102 Å². The van der Waals surface area contributed by atoms with Crippen LogP contribution in [-0.4, -0.2) is 14.8 Å². The van der Waals surface area contributed by atoms with Crippen LogP contribution in [0.5, 0.6) is 0 Å². The normalized spacial score (nSPS) is 14.8. The maximum atomic E-state index is 2.65. The van der Waals surface area contributed by atoms with Crippen LogP contribution in [0.4, 0.5) is 34.1 Å². The van der Waals surface area contributed by atoms with Gasteiger partial charge in [-0.3, -0.25) is 0 Å². The molecule has 0 spiro atoms. The highest BCUT2D eigenvalue weighted by Gasteiger charge is 2.49. The zero-order chi connectivity index (χ0) is 34.3. The smallest absolute Gasteiger partial charge is 0.264 e. The molecule has 12 rings (SSSR count). The molecule has 3 aliphatic heterocycles. The Hall–Kier alpha value is -5.40. The van der Waals surface area contributed by atoms with E-state index in [1.54, 1.807) is 0 Å². The first-order chi connectivity index (χ1) is 25.6. The average molecular weight is 715 g/mol. The summed E-state index contributed by atoms with van der Waals surface area (Å²) in [5, 5.41) is 7.02. The molecule has 9 aromatic rings. The first kappa shape index (κ1) is 29.2. The number of hydrogen-bond donors (Lipinski definition) is 0. The first-order valence-electron chi connectivity index (χ1n) is 18.1. The standard InChI is InChI=1S/C46H31BN2S2Si/c1-52(2)41-21-11-8-18-35(41)49-37-26-29(28-23-24-32-31-15-6-9-19-38(31)50-40(32)27-28)25-36-43(37)47(34-17-12-22-42(52)45(34)49)46-44(33-16-7-10-20-39(33)51-46)48(36)30-13-4-3-5-14-30/h3-27H,1-2H3. The third-order valence-corrected chi connectivity index (χ3v) is 17.7. The van der Waals surface area contributed by atoms with E-state index in [4.69, 9.17) is 0 Å². The molecule has 0 amide bonds. The first-order valence-corrected chi connectivity index (χ1v) is 22.7. The van der Waals surface area contributed by atoms with E-state index < -0.39 is 8.07 Å². The largest absolute Gasteiger partial charge is 0.312 e. The number of para-hydroxylation sites is 3. The van der Waals surface area contributed by atoms with Crippen molar-refractivity contribution in [3.8, 4) is 11.1 Å². The molecule has 7 aromatic carbocycles. The van der Waals surface area contributed by atoms with Gasteiger partial charge in [0, 0.05) is 63.5 Å². The third-order valence-electron chi connectivity index (χ3n) is 11.8. The van der Waals surface area contributed by atoms with Gasteiger partial charge in [0.15, 0.2) is 0 Å². The summed E-state index contributed by atoms with van der Waals surface area (Å²) in [6.07, 6.45) is 0. The molecule has 52 heavy (non-hydrogen) atoms. The molecule has 0 aliphatic carbocycles. The molecule has 0 saturated heterocycles. The van der Waals surface area contributed by atoms with Crippen LogP contribution in [0.15, 0.2) is 152 Å². The minimum absolute atomic E-state index is 0.137. The van der Waals surface area contributed by atoms with Crippen LogP contribution >= 0.6 is 22.7 Å². The summed E-state index contributed by atoms with van der Waals surface area (Å²) in [5.41, 5.74) is 13.2. The van der Waals surface area contributed by atoms with Crippen molar-refractivity contribution in [3.05, 3.63) is 152 Å². The number of nitrogens with zero attached hydrogens (tertiary/aromatic N) is 2. The molecule has 0 fully saturated rings. The van der Waals surface area contributed by atoms with Gasteiger partial charge in [-0.05, 0) is 81.0 Å². The van der Waals surface area contributed by atoms with Gasteiger partial charge in [-0.2, -0.15) is 0 Å². The lowest BCUT2D eigenvalue weighted by molar-refractivity contribution is 1.26. The van der Waals surface area contributed by atoms with Crippen LogP contribution in [0.3, 0.4) is 0 Å². The maximum absolute atomic E-state index is 2.65. The van der Waals surface area contributed by atoms with Gasteiger partial charge in [-0.15, -0.1) is 22.7 Å². The second-order valence-electron chi connectivity index (χ2n) is 14.9. The van der Waals surface area contributed by atoms with Gasteiger partial charge in [-0.25, -0.2) is 0 Å². The molecule has 0 bridgehead atoms. The summed E-state index contributed by atoms with van der Waals surface area (Å²) < 4.78 is 5.44. The van der Waals surface area contributed by atoms with E-state index in [2.05, 4.69) is 175 Å². The summed E-state index contributed by atoms with van der Waals surface area (Å²) in [5.74, 6) is 0. The number of benzene rings is 7. The van der Waals surface area contributed by atoms with Gasteiger partial charge in [0.05, 0.1) is 5.69 Å². The Morgan fingerprint density at radius 1 is 0.481 bits per heavy atom. The molecular formula is C46H31BN2S2Si. The van der Waals surface area contributed by atoms with Crippen LogP contribution in [-0.2, 0) is 0 Å². The van der Waals surface area contributed by atoms with Gasteiger partial charge in [0.2, 0.25) is 0 Å². The summed E-state index contributed by atoms with van der Waals surface area (Å²) >= 11 is 3.87. The van der Waals surface area contributed by atoms with Crippen molar-refractivity contribution >= 4 is 128 Å². The predicted molar refractivity (Wildman–Crippen MR) is 231 cm³/mol. The fraction of sp³-hybridized carbons (Fsp3) is 0.0435. The van der Waals surface area contributed by atoms with E-state index in [-0.39, 0.29) is 6.71 Å². The Morgan fingerprint density at radius 3 is 2.00 bits per heavy atom. The zero-order valence-corrected chi connectivity index (χ0v) is 31.4. The molecule has 6 heteroatoms. The number of rotatable bonds is 2. The number of fused-ring (bicyclic) bond motifs is 11. The van der Waals surface area contributed by atoms with E-state index in [9.17, 15) is 0 Å². The topological polar surface area (TPSA) is 6.48 Å². The number of anilines is 6. The Labute approximate surface area is 311 Å². The number of thiophene rings is 2. The molecule has 0 atom stereocenters. The monoisotopic (exact) mass is 714 g/mol. The molecule has 0 saturated carbocycles. The van der Waals surface area contributed by atoms with E-state index >= 15 is 0 Å². The minimum atomic E-state index is -2.01. The molecule has 0 unspecified atom stereocenters. The average Bonchev–Trinajstić information content (AvgIpc) is 3.76. The van der Waals surface area contributed by atoms with E-state index in [0.29, 0.717) is 0 Å². The Kier molecular flexibility index (Phi) is 5.82. The van der Waals surface area contributed by atoms with Crippen molar-refractivity contribution in [2.45, 2.75) is 13.1 Å². The molecule has 0 N–H and O–H groups in total. The highest BCUT2D eigenvalue weighted by molar-refractivity contribution is 7.34. The summed E-state index contributed by atoms with van der Waals surface area (Å²) in [6.45, 7) is 5.22. The maximum Gasteiger partial charge on any atom is 0.264 e. The van der Waals surface area contributed by atoms with E-state index in [1.807, 2.05) is 22.7 Å². The van der Waals surface area contributed by atoms with Crippen LogP contribution in [0.25, 0.3) is 41.4 Å². The van der Waals surface area contributed by atoms with Gasteiger partial charge >= 0.3 is 0 Å². The molecule has 2 aromatic heterocycles. The van der Waals surface area contributed by atoms with Crippen molar-refractivity contribution in [1.82, 2.24) is 0 Å². The van der Waals surface area contributed by atoms with Crippen LogP contribution in [0.1, 0.15) is 0 Å². The summed E-state index contributed by atoms with van der Waals surface area (Å²) in [7, 11) is -2.01. The second-order valence-corrected chi connectivity index (χ2v) is 21.4. The fourth-order valence-electron chi connectivity index (χ4n) is 9.49. The predicted octanol–water partition coefficient (Wildman–Crippen LogP) is 10.2. The van der Waals surface area contributed by atoms with Gasteiger partial charge in [0.25, 0.3) is 6.71 Å². The molecule has 5 heterocycles. The quantitative estimate of drug-likeness (QED) is 0.165. The van der Waals surface area contributed by atoms with Crippen LogP contribution < -0.4 is 35.9 Å². The fourth-order valence-corrected chi connectivity index (χ4v) is 15.0. The van der Waals surface area contributed by atoms with Crippen molar-refractivity contribution in [1.29, 1.82) is 0 Å². The SMILES string of the molecule is C[Si]1(C)c2ccccc2N2c3cc(-c4ccc5c(c4)sc4ccccc45)cc4c3B(c3cccc1c32)c1sc2ccccc2c1N4c1ccccc1. The van der Waals surface area contributed by atoms with Crippen LogP contribution in [0.2, 0.25) is 13.1 Å².